The number of carbonyl (C=O) groups excluding carboxylic acids is 2. The van der Waals surface area contributed by atoms with Crippen LogP contribution in [-0.4, -0.2) is 23.1 Å². The average molecular weight is 418 g/mol. The fourth-order valence-corrected chi connectivity index (χ4v) is 2.26. The number of anilines is 1. The average Bonchev–Trinajstić information content (AvgIpc) is 2.57. The van der Waals surface area contributed by atoms with Crippen molar-refractivity contribution >= 4 is 39.6 Å². The molecule has 136 valence electrons. The Morgan fingerprint density at radius 2 is 1.77 bits per heavy atom. The van der Waals surface area contributed by atoms with Crippen molar-refractivity contribution < 1.29 is 14.7 Å². The van der Waals surface area contributed by atoms with Gasteiger partial charge in [0.15, 0.2) is 0 Å². The molecule has 0 saturated carbocycles. The molecule has 6 nitrogen and oxygen atoms in total. The summed E-state index contributed by atoms with van der Waals surface area (Å²) in [6.45, 7) is 5.47. The molecule has 0 aliphatic rings. The van der Waals surface area contributed by atoms with Crippen LogP contribution in [0.2, 0.25) is 0 Å². The summed E-state index contributed by atoms with van der Waals surface area (Å²) in [5.74, 6) is -0.442. The number of hydrazone groups is 1. The van der Waals surface area contributed by atoms with Crippen molar-refractivity contribution in [2.75, 3.05) is 5.32 Å². The predicted octanol–water partition coefficient (Wildman–Crippen LogP) is 3.90. The van der Waals surface area contributed by atoms with Crippen LogP contribution < -0.4 is 10.7 Å². The number of carbonyl (C=O) groups is 2. The van der Waals surface area contributed by atoms with Gasteiger partial charge in [0.2, 0.25) is 5.91 Å². The number of benzene rings is 2. The maximum Gasteiger partial charge on any atom is 0.271 e. The van der Waals surface area contributed by atoms with E-state index < -0.39 is 11.3 Å². The van der Waals surface area contributed by atoms with Crippen LogP contribution in [0.1, 0.15) is 36.7 Å². The van der Waals surface area contributed by atoms with Gasteiger partial charge in [0.1, 0.15) is 5.75 Å². The summed E-state index contributed by atoms with van der Waals surface area (Å²) in [7, 11) is 0. The zero-order chi connectivity index (χ0) is 19.3. The number of phenolic OH excluding ortho intramolecular Hbond substituents is 1. The lowest BCUT2D eigenvalue weighted by atomic mass is 9.95. The number of phenols is 1. The van der Waals surface area contributed by atoms with Crippen LogP contribution in [0.15, 0.2) is 52.0 Å². The number of amides is 2. The lowest BCUT2D eigenvalue weighted by Gasteiger charge is -2.17. The molecule has 26 heavy (non-hydrogen) atoms. The van der Waals surface area contributed by atoms with E-state index in [1.165, 1.54) is 12.3 Å². The Hall–Kier alpha value is -2.67. The third-order valence-electron chi connectivity index (χ3n) is 3.45. The summed E-state index contributed by atoms with van der Waals surface area (Å²) in [5.41, 5.74) is 3.38. The van der Waals surface area contributed by atoms with E-state index in [9.17, 15) is 14.7 Å². The SMILES string of the molecule is CC(C)(C)C(=O)Nc1ccc(C(=O)N/N=C\c2cc(Br)ccc2O)cc1. The minimum absolute atomic E-state index is 0.0603. The van der Waals surface area contributed by atoms with E-state index in [-0.39, 0.29) is 11.7 Å². The minimum atomic E-state index is -0.497. The van der Waals surface area contributed by atoms with Crippen molar-refractivity contribution in [3.05, 3.63) is 58.1 Å². The number of nitrogens with one attached hydrogen (secondary N) is 2. The molecule has 0 unspecified atom stereocenters. The molecule has 0 heterocycles. The Balaban J connectivity index is 1.98. The summed E-state index contributed by atoms with van der Waals surface area (Å²) in [5, 5.41) is 16.4. The lowest BCUT2D eigenvalue weighted by Crippen LogP contribution is -2.27. The van der Waals surface area contributed by atoms with Crippen LogP contribution in [-0.2, 0) is 4.79 Å². The van der Waals surface area contributed by atoms with Gasteiger partial charge in [0.05, 0.1) is 6.21 Å². The van der Waals surface area contributed by atoms with Crippen molar-refractivity contribution in [1.29, 1.82) is 0 Å². The molecule has 0 radical (unpaired) electrons. The summed E-state index contributed by atoms with van der Waals surface area (Å²) in [6.07, 6.45) is 1.36. The van der Waals surface area contributed by atoms with Crippen LogP contribution in [0.3, 0.4) is 0 Å². The van der Waals surface area contributed by atoms with E-state index in [0.29, 0.717) is 16.8 Å². The Morgan fingerprint density at radius 3 is 2.38 bits per heavy atom. The van der Waals surface area contributed by atoms with Gasteiger partial charge in [-0.15, -0.1) is 0 Å². The van der Waals surface area contributed by atoms with Crippen molar-refractivity contribution in [1.82, 2.24) is 5.43 Å². The topological polar surface area (TPSA) is 90.8 Å². The van der Waals surface area contributed by atoms with E-state index in [1.807, 2.05) is 20.8 Å². The van der Waals surface area contributed by atoms with E-state index in [0.717, 1.165) is 4.47 Å². The zero-order valence-electron chi connectivity index (χ0n) is 14.7. The third kappa shape index (κ3) is 5.42. The normalized spacial score (nSPS) is 11.4. The Morgan fingerprint density at radius 1 is 1.12 bits per heavy atom. The van der Waals surface area contributed by atoms with Crippen molar-refractivity contribution in [3.8, 4) is 5.75 Å². The molecule has 0 saturated heterocycles. The molecule has 0 fully saturated rings. The molecule has 2 rings (SSSR count). The fraction of sp³-hybridized carbons (Fsp3) is 0.211. The molecule has 0 atom stereocenters. The molecule has 7 heteroatoms. The molecule has 2 aromatic carbocycles. The first-order valence-electron chi connectivity index (χ1n) is 7.90. The molecular formula is C19H20BrN3O3. The highest BCUT2D eigenvalue weighted by Gasteiger charge is 2.21. The number of nitrogens with zero attached hydrogens (tertiary/aromatic N) is 1. The molecule has 2 aromatic rings. The molecule has 2 amide bonds. The van der Waals surface area contributed by atoms with Crippen molar-refractivity contribution in [3.63, 3.8) is 0 Å². The van der Waals surface area contributed by atoms with Gasteiger partial charge in [0, 0.05) is 26.7 Å². The Labute approximate surface area is 160 Å². The quantitative estimate of drug-likeness (QED) is 0.520. The monoisotopic (exact) mass is 417 g/mol. The van der Waals surface area contributed by atoms with E-state index >= 15 is 0 Å². The van der Waals surface area contributed by atoms with Crippen LogP contribution in [0.4, 0.5) is 5.69 Å². The van der Waals surface area contributed by atoms with Gasteiger partial charge in [-0.05, 0) is 42.5 Å². The smallest absolute Gasteiger partial charge is 0.271 e. The number of rotatable bonds is 4. The van der Waals surface area contributed by atoms with Crippen molar-refractivity contribution in [2.45, 2.75) is 20.8 Å². The Bertz CT molecular complexity index is 840. The first kappa shape index (κ1) is 19.7. The standard InChI is InChI=1S/C19H20BrN3O3/c1-19(2,3)18(26)22-15-7-4-12(5-8-15)17(25)23-21-11-13-10-14(20)6-9-16(13)24/h4-11,24H,1-3H3,(H,22,26)(H,23,25)/b21-11-. The lowest BCUT2D eigenvalue weighted by molar-refractivity contribution is -0.123. The largest absolute Gasteiger partial charge is 0.507 e. The van der Waals surface area contributed by atoms with Gasteiger partial charge in [-0.1, -0.05) is 36.7 Å². The molecule has 0 aliphatic carbocycles. The minimum Gasteiger partial charge on any atom is -0.507 e. The second-order valence-electron chi connectivity index (χ2n) is 6.68. The Kier molecular flexibility index (Phi) is 6.15. The first-order valence-corrected chi connectivity index (χ1v) is 8.69. The highest BCUT2D eigenvalue weighted by molar-refractivity contribution is 9.10. The molecule has 0 spiro atoms. The molecule has 0 aliphatic heterocycles. The van der Waals surface area contributed by atoms with Gasteiger partial charge in [-0.3, -0.25) is 9.59 Å². The van der Waals surface area contributed by atoms with Gasteiger partial charge < -0.3 is 10.4 Å². The summed E-state index contributed by atoms with van der Waals surface area (Å²) < 4.78 is 0.788. The summed E-state index contributed by atoms with van der Waals surface area (Å²) >= 11 is 3.30. The van der Waals surface area contributed by atoms with Crippen LogP contribution in [0.5, 0.6) is 5.75 Å². The number of hydrogen-bond donors (Lipinski definition) is 3. The summed E-state index contributed by atoms with van der Waals surface area (Å²) in [4.78, 5) is 24.0. The third-order valence-corrected chi connectivity index (χ3v) is 3.94. The maximum atomic E-state index is 12.1. The van der Waals surface area contributed by atoms with E-state index in [1.54, 1.807) is 36.4 Å². The van der Waals surface area contributed by atoms with Crippen LogP contribution >= 0.6 is 15.9 Å². The molecule has 3 N–H and O–H groups in total. The van der Waals surface area contributed by atoms with E-state index in [2.05, 4.69) is 31.8 Å². The van der Waals surface area contributed by atoms with Crippen molar-refractivity contribution in [2.24, 2.45) is 10.5 Å². The van der Waals surface area contributed by atoms with Gasteiger partial charge in [-0.25, -0.2) is 5.43 Å². The first-order chi connectivity index (χ1) is 12.2. The summed E-state index contributed by atoms with van der Waals surface area (Å²) in [6, 6.07) is 11.4. The predicted molar refractivity (Wildman–Crippen MR) is 105 cm³/mol. The number of hydrogen-bond acceptors (Lipinski definition) is 4. The number of halogens is 1. The van der Waals surface area contributed by atoms with E-state index in [4.69, 9.17) is 0 Å². The van der Waals surface area contributed by atoms with Crippen LogP contribution in [0.25, 0.3) is 0 Å². The van der Waals surface area contributed by atoms with Gasteiger partial charge in [0.25, 0.3) is 5.91 Å². The van der Waals surface area contributed by atoms with Crippen LogP contribution in [0, 0.1) is 5.41 Å². The molecular weight excluding hydrogens is 398 g/mol. The molecule has 0 bridgehead atoms. The highest BCUT2D eigenvalue weighted by Crippen LogP contribution is 2.20. The maximum absolute atomic E-state index is 12.1. The van der Waals surface area contributed by atoms with Gasteiger partial charge in [-0.2, -0.15) is 5.10 Å². The fourth-order valence-electron chi connectivity index (χ4n) is 1.88. The van der Waals surface area contributed by atoms with Gasteiger partial charge >= 0.3 is 0 Å². The molecule has 0 aromatic heterocycles. The zero-order valence-corrected chi connectivity index (χ0v) is 16.3. The number of aromatic hydroxyl groups is 1. The second-order valence-corrected chi connectivity index (χ2v) is 7.60. The highest BCUT2D eigenvalue weighted by atomic mass is 79.9. The second kappa shape index (κ2) is 8.14.